The van der Waals surface area contributed by atoms with Gasteiger partial charge in [0, 0.05) is 37.1 Å². The quantitative estimate of drug-likeness (QED) is 0.528. The molecule has 136 valence electrons. The van der Waals surface area contributed by atoms with Crippen LogP contribution in [-0.2, 0) is 13.1 Å². The number of hydrogen-bond acceptors (Lipinski definition) is 3. The first-order chi connectivity index (χ1) is 13.3. The number of hydrogen-bond donors (Lipinski definition) is 1. The van der Waals surface area contributed by atoms with Gasteiger partial charge >= 0.3 is 0 Å². The number of aryl methyl sites for hydroxylation is 1. The van der Waals surface area contributed by atoms with Gasteiger partial charge in [0.2, 0.25) is 0 Å². The molecule has 0 aliphatic carbocycles. The van der Waals surface area contributed by atoms with Crippen molar-refractivity contribution in [2.75, 3.05) is 11.9 Å². The lowest BCUT2D eigenvalue weighted by Crippen LogP contribution is -2.11. The van der Waals surface area contributed by atoms with Crippen LogP contribution in [0.2, 0.25) is 0 Å². The molecule has 2 aromatic heterocycles. The van der Waals surface area contributed by atoms with E-state index in [4.69, 9.17) is 10.1 Å². The summed E-state index contributed by atoms with van der Waals surface area (Å²) in [6.07, 6.45) is 3.93. The summed E-state index contributed by atoms with van der Waals surface area (Å²) in [5.74, 6) is 0. The van der Waals surface area contributed by atoms with Crippen molar-refractivity contribution in [3.63, 3.8) is 0 Å². The number of benzene rings is 2. The van der Waals surface area contributed by atoms with Gasteiger partial charge in [0.15, 0.2) is 0 Å². The van der Waals surface area contributed by atoms with Gasteiger partial charge in [-0.25, -0.2) is 4.98 Å². The molecule has 0 radical (unpaired) electrons. The fourth-order valence-corrected chi connectivity index (χ4v) is 3.17. The van der Waals surface area contributed by atoms with E-state index in [2.05, 4.69) is 47.1 Å². The minimum atomic E-state index is 0.809. The van der Waals surface area contributed by atoms with Crippen molar-refractivity contribution in [1.29, 1.82) is 0 Å². The fourth-order valence-electron chi connectivity index (χ4n) is 3.17. The van der Waals surface area contributed by atoms with Crippen LogP contribution >= 0.6 is 0 Å². The number of nitrogens with one attached hydrogen (secondary N) is 1. The van der Waals surface area contributed by atoms with Crippen LogP contribution in [0.15, 0.2) is 79.3 Å². The number of imidazole rings is 1. The summed E-state index contributed by atoms with van der Waals surface area (Å²) in [6.45, 7) is 4.57. The lowest BCUT2D eigenvalue weighted by atomic mass is 10.1. The molecule has 0 fully saturated rings. The second-order valence-electron chi connectivity index (χ2n) is 6.35. The Hall–Kier alpha value is -3.34. The third kappa shape index (κ3) is 3.77. The fraction of sp³-hybridized carbons (Fsp3) is 0.182. The molecule has 0 unspecified atom stereocenters. The van der Waals surface area contributed by atoms with Crippen molar-refractivity contribution >= 4 is 5.69 Å². The second-order valence-corrected chi connectivity index (χ2v) is 6.35. The van der Waals surface area contributed by atoms with Crippen molar-refractivity contribution in [2.45, 2.75) is 20.0 Å². The first kappa shape index (κ1) is 17.1. The highest BCUT2D eigenvalue weighted by Crippen LogP contribution is 2.30. The summed E-state index contributed by atoms with van der Waals surface area (Å²) in [7, 11) is 0. The van der Waals surface area contributed by atoms with Gasteiger partial charge in [0.05, 0.1) is 17.7 Å². The van der Waals surface area contributed by atoms with E-state index < -0.39 is 0 Å². The summed E-state index contributed by atoms with van der Waals surface area (Å²) in [5, 5.41) is 8.18. The first-order valence-electron chi connectivity index (χ1n) is 9.28. The molecule has 0 spiro atoms. The van der Waals surface area contributed by atoms with E-state index in [1.165, 1.54) is 0 Å². The molecule has 5 heteroatoms. The average Bonchev–Trinajstić information content (AvgIpc) is 3.36. The second kappa shape index (κ2) is 7.91. The molecule has 0 aliphatic rings. The Morgan fingerprint density at radius 2 is 1.67 bits per heavy atom. The molecule has 4 rings (SSSR count). The Morgan fingerprint density at radius 1 is 0.926 bits per heavy atom. The minimum Gasteiger partial charge on any atom is -0.383 e. The summed E-state index contributed by atoms with van der Waals surface area (Å²) in [6, 6.07) is 22.6. The van der Waals surface area contributed by atoms with Crippen LogP contribution in [0, 0.1) is 0 Å². The smallest absolute Gasteiger partial charge is 0.111 e. The van der Waals surface area contributed by atoms with Crippen LogP contribution in [-0.4, -0.2) is 25.9 Å². The molecule has 4 aromatic rings. The molecule has 2 aromatic carbocycles. The van der Waals surface area contributed by atoms with E-state index in [0.717, 1.165) is 48.0 Å². The normalized spacial score (nSPS) is 10.9. The zero-order valence-electron chi connectivity index (χ0n) is 15.4. The van der Waals surface area contributed by atoms with Gasteiger partial charge in [0.25, 0.3) is 0 Å². The highest BCUT2D eigenvalue weighted by atomic mass is 15.3. The topological polar surface area (TPSA) is 47.7 Å². The Kier molecular flexibility index (Phi) is 5.01. The molecule has 0 saturated heterocycles. The van der Waals surface area contributed by atoms with Gasteiger partial charge in [-0.1, -0.05) is 48.5 Å². The third-order valence-corrected chi connectivity index (χ3v) is 4.55. The molecule has 5 nitrogen and oxygen atoms in total. The van der Waals surface area contributed by atoms with Crippen LogP contribution in [0.3, 0.4) is 0 Å². The molecular weight excluding hydrogens is 334 g/mol. The first-order valence-corrected chi connectivity index (χ1v) is 9.28. The summed E-state index contributed by atoms with van der Waals surface area (Å²) in [4.78, 5) is 4.71. The SMILES string of the molecule is CCn1ccc(-c2c(-c3ccccc3)ncn2CCNc2ccccc2)n1. The zero-order valence-corrected chi connectivity index (χ0v) is 15.4. The molecule has 0 aliphatic heterocycles. The number of aromatic nitrogens is 4. The number of rotatable bonds is 7. The van der Waals surface area contributed by atoms with E-state index in [1.54, 1.807) is 0 Å². The molecule has 27 heavy (non-hydrogen) atoms. The Balaban J connectivity index is 1.63. The highest BCUT2D eigenvalue weighted by Gasteiger charge is 2.17. The lowest BCUT2D eigenvalue weighted by molar-refractivity contribution is 0.658. The Bertz CT molecular complexity index is 986. The van der Waals surface area contributed by atoms with E-state index in [-0.39, 0.29) is 0 Å². The van der Waals surface area contributed by atoms with Gasteiger partial charge < -0.3 is 9.88 Å². The zero-order chi connectivity index (χ0) is 18.5. The van der Waals surface area contributed by atoms with Crippen molar-refractivity contribution in [2.24, 2.45) is 0 Å². The highest BCUT2D eigenvalue weighted by molar-refractivity contribution is 5.76. The molecule has 0 amide bonds. The van der Waals surface area contributed by atoms with E-state index >= 15 is 0 Å². The van der Waals surface area contributed by atoms with Crippen molar-refractivity contribution in [1.82, 2.24) is 19.3 Å². The molecule has 2 heterocycles. The van der Waals surface area contributed by atoms with E-state index in [0.29, 0.717) is 0 Å². The lowest BCUT2D eigenvalue weighted by Gasteiger charge is -2.10. The number of anilines is 1. The van der Waals surface area contributed by atoms with E-state index in [9.17, 15) is 0 Å². The molecular formula is C22H23N5. The van der Waals surface area contributed by atoms with Gasteiger partial charge in [-0.15, -0.1) is 0 Å². The Morgan fingerprint density at radius 3 is 2.37 bits per heavy atom. The van der Waals surface area contributed by atoms with Crippen LogP contribution in [0.5, 0.6) is 0 Å². The number of nitrogens with zero attached hydrogens (tertiary/aromatic N) is 4. The predicted molar refractivity (Wildman–Crippen MR) is 109 cm³/mol. The standard InChI is InChI=1S/C22H23N5/c1-2-27-15-13-20(25-27)22-21(18-9-5-3-6-10-18)24-17-26(22)16-14-23-19-11-7-4-8-12-19/h3-13,15,17,23H,2,14,16H2,1H3. The molecule has 0 bridgehead atoms. The van der Waals surface area contributed by atoms with Gasteiger partial charge in [-0.2, -0.15) is 5.10 Å². The van der Waals surface area contributed by atoms with Gasteiger partial charge in [-0.05, 0) is 25.1 Å². The summed E-state index contributed by atoms with van der Waals surface area (Å²) >= 11 is 0. The maximum absolute atomic E-state index is 4.72. The number of para-hydroxylation sites is 1. The average molecular weight is 357 g/mol. The Labute approximate surface area is 159 Å². The molecule has 0 atom stereocenters. The maximum atomic E-state index is 4.72. The minimum absolute atomic E-state index is 0.809. The maximum Gasteiger partial charge on any atom is 0.111 e. The van der Waals surface area contributed by atoms with Crippen LogP contribution in [0.1, 0.15) is 6.92 Å². The molecule has 0 saturated carbocycles. The largest absolute Gasteiger partial charge is 0.383 e. The van der Waals surface area contributed by atoms with Crippen molar-refractivity contribution < 1.29 is 0 Å². The summed E-state index contributed by atoms with van der Waals surface area (Å²) < 4.78 is 4.13. The van der Waals surface area contributed by atoms with Gasteiger partial charge in [0.1, 0.15) is 5.69 Å². The van der Waals surface area contributed by atoms with Gasteiger partial charge in [-0.3, -0.25) is 4.68 Å². The predicted octanol–water partition coefficient (Wildman–Crippen LogP) is 4.55. The van der Waals surface area contributed by atoms with Crippen LogP contribution in [0.25, 0.3) is 22.6 Å². The van der Waals surface area contributed by atoms with Crippen LogP contribution < -0.4 is 5.32 Å². The third-order valence-electron chi connectivity index (χ3n) is 4.55. The van der Waals surface area contributed by atoms with Crippen LogP contribution in [0.4, 0.5) is 5.69 Å². The monoisotopic (exact) mass is 357 g/mol. The molecule has 1 N–H and O–H groups in total. The van der Waals surface area contributed by atoms with Crippen molar-refractivity contribution in [3.05, 3.63) is 79.3 Å². The summed E-state index contributed by atoms with van der Waals surface area (Å²) in [5.41, 5.74) is 5.21. The van der Waals surface area contributed by atoms with E-state index in [1.807, 2.05) is 53.6 Å². The van der Waals surface area contributed by atoms with Crippen molar-refractivity contribution in [3.8, 4) is 22.6 Å².